The maximum atomic E-state index is 12.3. The molecule has 2 rings (SSSR count). The molecule has 1 N–H and O–H groups in total. The number of benzene rings is 2. The summed E-state index contributed by atoms with van der Waals surface area (Å²) in [4.78, 5) is 12.3. The maximum absolute atomic E-state index is 12.3. The molecule has 0 bridgehead atoms. The van der Waals surface area contributed by atoms with E-state index in [2.05, 4.69) is 21.2 Å². The molecule has 0 saturated carbocycles. The van der Waals surface area contributed by atoms with Gasteiger partial charge in [-0.3, -0.25) is 4.79 Å². The molecule has 1 atom stereocenters. The van der Waals surface area contributed by atoms with E-state index >= 15 is 0 Å². The second-order valence-electron chi connectivity index (χ2n) is 4.82. The molecular formula is C17H18BrNO3. The van der Waals surface area contributed by atoms with Gasteiger partial charge in [-0.2, -0.15) is 0 Å². The minimum atomic E-state index is -0.156. The summed E-state index contributed by atoms with van der Waals surface area (Å²) in [5.41, 5.74) is 1.57. The van der Waals surface area contributed by atoms with Gasteiger partial charge in [-0.05, 0) is 42.8 Å². The van der Waals surface area contributed by atoms with Crippen molar-refractivity contribution in [3.05, 3.63) is 58.1 Å². The smallest absolute Gasteiger partial charge is 0.251 e. The number of rotatable bonds is 5. The van der Waals surface area contributed by atoms with Crippen LogP contribution in [0.5, 0.6) is 11.5 Å². The van der Waals surface area contributed by atoms with Crippen molar-refractivity contribution in [3.8, 4) is 11.5 Å². The summed E-state index contributed by atoms with van der Waals surface area (Å²) >= 11 is 3.40. The summed E-state index contributed by atoms with van der Waals surface area (Å²) < 4.78 is 11.4. The Balaban J connectivity index is 2.13. The van der Waals surface area contributed by atoms with Crippen LogP contribution in [0.15, 0.2) is 46.9 Å². The molecule has 0 unspecified atom stereocenters. The lowest BCUT2D eigenvalue weighted by atomic mass is 10.1. The van der Waals surface area contributed by atoms with Gasteiger partial charge in [-0.15, -0.1) is 0 Å². The van der Waals surface area contributed by atoms with Crippen LogP contribution in [-0.2, 0) is 0 Å². The van der Waals surface area contributed by atoms with E-state index in [9.17, 15) is 4.79 Å². The molecule has 0 aliphatic carbocycles. The van der Waals surface area contributed by atoms with Crippen molar-refractivity contribution < 1.29 is 14.3 Å². The van der Waals surface area contributed by atoms with Crippen LogP contribution in [0.3, 0.4) is 0 Å². The van der Waals surface area contributed by atoms with Crippen LogP contribution < -0.4 is 14.8 Å². The van der Waals surface area contributed by atoms with Gasteiger partial charge in [0.05, 0.1) is 20.3 Å². The van der Waals surface area contributed by atoms with Crippen molar-refractivity contribution in [3.63, 3.8) is 0 Å². The number of carbonyl (C=O) groups excluding carboxylic acids is 1. The molecule has 0 spiro atoms. The van der Waals surface area contributed by atoms with E-state index < -0.39 is 0 Å². The highest BCUT2D eigenvalue weighted by atomic mass is 79.9. The summed E-state index contributed by atoms with van der Waals surface area (Å²) in [7, 11) is 3.11. The first-order valence-electron chi connectivity index (χ1n) is 6.83. The zero-order valence-electron chi connectivity index (χ0n) is 12.7. The molecule has 0 radical (unpaired) electrons. The fraction of sp³-hybridized carbons (Fsp3) is 0.235. The highest BCUT2D eigenvalue weighted by molar-refractivity contribution is 9.10. The topological polar surface area (TPSA) is 47.6 Å². The molecule has 4 nitrogen and oxygen atoms in total. The third-order valence-electron chi connectivity index (χ3n) is 3.36. The molecule has 0 aliphatic heterocycles. The van der Waals surface area contributed by atoms with Crippen LogP contribution in [0.2, 0.25) is 0 Å². The summed E-state index contributed by atoms with van der Waals surface area (Å²) in [6.07, 6.45) is 0. The number of hydrogen-bond donors (Lipinski definition) is 1. The van der Waals surface area contributed by atoms with E-state index in [4.69, 9.17) is 9.47 Å². The Labute approximate surface area is 138 Å². The summed E-state index contributed by atoms with van der Waals surface area (Å²) in [5, 5.41) is 2.97. The molecule has 1 amide bonds. The normalized spacial score (nSPS) is 11.6. The zero-order valence-corrected chi connectivity index (χ0v) is 14.3. The first-order chi connectivity index (χ1) is 10.5. The average molecular weight is 364 g/mol. The van der Waals surface area contributed by atoms with Crippen molar-refractivity contribution in [2.24, 2.45) is 0 Å². The number of halogens is 1. The zero-order chi connectivity index (χ0) is 16.1. The van der Waals surface area contributed by atoms with Gasteiger partial charge in [0.2, 0.25) is 0 Å². The number of amides is 1. The first kappa shape index (κ1) is 16.4. The van der Waals surface area contributed by atoms with Gasteiger partial charge in [0, 0.05) is 10.0 Å². The molecule has 2 aromatic carbocycles. The lowest BCUT2D eigenvalue weighted by Crippen LogP contribution is -2.26. The Bertz CT molecular complexity index is 655. The van der Waals surface area contributed by atoms with E-state index in [0.29, 0.717) is 17.1 Å². The maximum Gasteiger partial charge on any atom is 0.251 e. The first-order valence-corrected chi connectivity index (χ1v) is 7.62. The molecule has 0 heterocycles. The largest absolute Gasteiger partial charge is 0.493 e. The molecule has 22 heavy (non-hydrogen) atoms. The number of nitrogens with one attached hydrogen (secondary N) is 1. The highest BCUT2D eigenvalue weighted by Crippen LogP contribution is 2.27. The van der Waals surface area contributed by atoms with E-state index in [1.807, 2.05) is 31.2 Å². The van der Waals surface area contributed by atoms with E-state index in [0.717, 1.165) is 10.0 Å². The minimum absolute atomic E-state index is 0.0892. The molecule has 0 aliphatic rings. The second kappa shape index (κ2) is 7.31. The molecule has 0 saturated heterocycles. The average Bonchev–Trinajstić information content (AvgIpc) is 2.54. The summed E-state index contributed by atoms with van der Waals surface area (Å²) in [6, 6.07) is 12.9. The SMILES string of the molecule is COc1ccc(C(=O)N[C@@H](C)c2ccc(Br)cc2)cc1OC. The molecule has 0 aromatic heterocycles. The van der Waals surface area contributed by atoms with Gasteiger partial charge >= 0.3 is 0 Å². The number of methoxy groups -OCH3 is 2. The summed E-state index contributed by atoms with van der Waals surface area (Å²) in [5.74, 6) is 0.975. The van der Waals surface area contributed by atoms with Crippen LogP contribution in [0.4, 0.5) is 0 Å². The molecule has 0 fully saturated rings. The second-order valence-corrected chi connectivity index (χ2v) is 5.73. The Hall–Kier alpha value is -2.01. The van der Waals surface area contributed by atoms with Crippen LogP contribution in [-0.4, -0.2) is 20.1 Å². The van der Waals surface area contributed by atoms with E-state index in [1.165, 1.54) is 0 Å². The lowest BCUT2D eigenvalue weighted by Gasteiger charge is -2.15. The minimum Gasteiger partial charge on any atom is -0.493 e. The Morgan fingerprint density at radius 3 is 2.27 bits per heavy atom. The van der Waals surface area contributed by atoms with Gasteiger partial charge in [-0.1, -0.05) is 28.1 Å². The Morgan fingerprint density at radius 2 is 1.68 bits per heavy atom. The number of hydrogen-bond acceptors (Lipinski definition) is 3. The van der Waals surface area contributed by atoms with Gasteiger partial charge in [0.25, 0.3) is 5.91 Å². The van der Waals surface area contributed by atoms with Crippen molar-refractivity contribution in [1.29, 1.82) is 0 Å². The summed E-state index contributed by atoms with van der Waals surface area (Å²) in [6.45, 7) is 1.95. The monoisotopic (exact) mass is 363 g/mol. The van der Waals surface area contributed by atoms with Crippen molar-refractivity contribution in [2.45, 2.75) is 13.0 Å². The Kier molecular flexibility index (Phi) is 5.44. The van der Waals surface area contributed by atoms with E-state index in [-0.39, 0.29) is 11.9 Å². The van der Waals surface area contributed by atoms with E-state index in [1.54, 1.807) is 32.4 Å². The Morgan fingerprint density at radius 1 is 1.05 bits per heavy atom. The van der Waals surface area contributed by atoms with Gasteiger partial charge < -0.3 is 14.8 Å². The van der Waals surface area contributed by atoms with Crippen molar-refractivity contribution in [2.75, 3.05) is 14.2 Å². The fourth-order valence-electron chi connectivity index (χ4n) is 2.09. The molecular weight excluding hydrogens is 346 g/mol. The van der Waals surface area contributed by atoms with Crippen LogP contribution >= 0.6 is 15.9 Å². The van der Waals surface area contributed by atoms with Crippen LogP contribution in [0.1, 0.15) is 28.9 Å². The predicted molar refractivity (Wildman–Crippen MR) is 89.6 cm³/mol. The van der Waals surface area contributed by atoms with Crippen molar-refractivity contribution >= 4 is 21.8 Å². The predicted octanol–water partition coefficient (Wildman–Crippen LogP) is 3.96. The van der Waals surface area contributed by atoms with Crippen molar-refractivity contribution in [1.82, 2.24) is 5.32 Å². The lowest BCUT2D eigenvalue weighted by molar-refractivity contribution is 0.0939. The van der Waals surface area contributed by atoms with Gasteiger partial charge in [0.1, 0.15) is 0 Å². The van der Waals surface area contributed by atoms with Gasteiger partial charge in [0.15, 0.2) is 11.5 Å². The third kappa shape index (κ3) is 3.80. The van der Waals surface area contributed by atoms with Gasteiger partial charge in [-0.25, -0.2) is 0 Å². The number of carbonyl (C=O) groups is 1. The molecule has 2 aromatic rings. The van der Waals surface area contributed by atoms with Crippen LogP contribution in [0.25, 0.3) is 0 Å². The standard InChI is InChI=1S/C17H18BrNO3/c1-11(12-4-7-14(18)8-5-12)19-17(20)13-6-9-15(21-2)16(10-13)22-3/h4-11H,1-3H3,(H,19,20)/t11-/m0/s1. The molecule has 5 heteroatoms. The highest BCUT2D eigenvalue weighted by Gasteiger charge is 2.14. The fourth-order valence-corrected chi connectivity index (χ4v) is 2.36. The third-order valence-corrected chi connectivity index (χ3v) is 3.89. The quantitative estimate of drug-likeness (QED) is 0.874. The molecule has 116 valence electrons. The van der Waals surface area contributed by atoms with Crippen LogP contribution in [0, 0.1) is 0 Å². The number of ether oxygens (including phenoxy) is 2.